The smallest absolute Gasteiger partial charge is 0.264 e. The van der Waals surface area contributed by atoms with Gasteiger partial charge in [-0.15, -0.1) is 0 Å². The van der Waals surface area contributed by atoms with Crippen molar-refractivity contribution in [1.82, 2.24) is 10.2 Å². The number of hydrogen-bond acceptors (Lipinski definition) is 4. The van der Waals surface area contributed by atoms with Crippen LogP contribution in [0, 0.1) is 13.8 Å². The lowest BCUT2D eigenvalue weighted by atomic mass is 10.0. The number of amides is 2. The summed E-state index contributed by atoms with van der Waals surface area (Å²) < 4.78 is 29.3. The fraction of sp³-hybridized carbons (Fsp3) is 0.412. The first-order valence-corrected chi connectivity index (χ1v) is 15.9. The van der Waals surface area contributed by atoms with Gasteiger partial charge in [-0.05, 0) is 87.9 Å². The number of sulfonamides is 1. The first-order valence-electron chi connectivity index (χ1n) is 14.5. The minimum absolute atomic E-state index is 0.0943. The van der Waals surface area contributed by atoms with Crippen molar-refractivity contribution in [2.75, 3.05) is 10.8 Å². The topological polar surface area (TPSA) is 86.8 Å². The molecule has 2 amide bonds. The third kappa shape index (κ3) is 8.22. The van der Waals surface area contributed by atoms with Crippen LogP contribution in [-0.4, -0.2) is 43.3 Å². The molecule has 1 N–H and O–H groups in total. The Morgan fingerprint density at radius 3 is 2.00 bits per heavy atom. The molecule has 1 atom stereocenters. The summed E-state index contributed by atoms with van der Waals surface area (Å²) in [7, 11) is -4.11. The Balaban J connectivity index is 2.10. The first-order chi connectivity index (χ1) is 19.6. The second-order valence-electron chi connectivity index (χ2n) is 12.2. The van der Waals surface area contributed by atoms with Crippen molar-refractivity contribution in [3.05, 3.63) is 95.1 Å². The fourth-order valence-electron chi connectivity index (χ4n) is 4.74. The molecule has 0 saturated carbocycles. The van der Waals surface area contributed by atoms with E-state index in [1.807, 2.05) is 77.9 Å². The van der Waals surface area contributed by atoms with Crippen LogP contribution in [0.3, 0.4) is 0 Å². The second kappa shape index (κ2) is 13.6. The van der Waals surface area contributed by atoms with Gasteiger partial charge in [0.2, 0.25) is 11.8 Å². The van der Waals surface area contributed by atoms with Gasteiger partial charge < -0.3 is 10.2 Å². The lowest BCUT2D eigenvalue weighted by Gasteiger charge is -2.35. The quantitative estimate of drug-likeness (QED) is 0.282. The summed E-state index contributed by atoms with van der Waals surface area (Å²) >= 11 is 0. The van der Waals surface area contributed by atoms with Crippen molar-refractivity contribution < 1.29 is 18.0 Å². The highest BCUT2D eigenvalue weighted by atomic mass is 32.2. The number of anilines is 1. The molecule has 3 aromatic carbocycles. The molecule has 0 radical (unpaired) electrons. The van der Waals surface area contributed by atoms with Crippen LogP contribution in [0.2, 0.25) is 0 Å². The van der Waals surface area contributed by atoms with Crippen molar-refractivity contribution in [2.45, 2.75) is 90.7 Å². The second-order valence-corrected chi connectivity index (χ2v) is 14.0. The molecule has 226 valence electrons. The van der Waals surface area contributed by atoms with Gasteiger partial charge in [-0.3, -0.25) is 13.9 Å². The number of benzene rings is 3. The Labute approximate surface area is 252 Å². The monoisotopic (exact) mass is 591 g/mol. The van der Waals surface area contributed by atoms with E-state index in [9.17, 15) is 18.0 Å². The lowest BCUT2D eigenvalue weighted by Crippen LogP contribution is -2.55. The Hall–Kier alpha value is -3.65. The van der Waals surface area contributed by atoms with Crippen molar-refractivity contribution in [3.63, 3.8) is 0 Å². The van der Waals surface area contributed by atoms with Crippen LogP contribution in [0.4, 0.5) is 5.69 Å². The highest BCUT2D eigenvalue weighted by Gasteiger charge is 2.34. The molecular weight excluding hydrogens is 546 g/mol. The molecule has 0 saturated heterocycles. The molecule has 0 aromatic heterocycles. The van der Waals surface area contributed by atoms with Crippen LogP contribution in [0.5, 0.6) is 0 Å². The Kier molecular flexibility index (Phi) is 10.6. The van der Waals surface area contributed by atoms with Gasteiger partial charge in [-0.2, -0.15) is 0 Å². The molecular formula is C34H45N3O4S. The number of hydrogen-bond donors (Lipinski definition) is 1. The van der Waals surface area contributed by atoms with Crippen molar-refractivity contribution >= 4 is 27.5 Å². The van der Waals surface area contributed by atoms with Gasteiger partial charge in [-0.25, -0.2) is 8.42 Å². The number of rotatable bonds is 11. The van der Waals surface area contributed by atoms with E-state index in [0.29, 0.717) is 12.1 Å². The Morgan fingerprint density at radius 1 is 0.881 bits per heavy atom. The molecule has 8 heteroatoms. The molecule has 0 bridgehead atoms. The zero-order chi connectivity index (χ0) is 31.2. The summed E-state index contributed by atoms with van der Waals surface area (Å²) in [6.45, 7) is 15.2. The Bertz CT molecular complexity index is 1470. The van der Waals surface area contributed by atoms with E-state index in [0.717, 1.165) is 26.6 Å². The predicted molar refractivity (Wildman–Crippen MR) is 170 cm³/mol. The minimum Gasteiger partial charge on any atom is -0.350 e. The molecule has 0 spiro atoms. The number of carbonyl (C=O) groups excluding carboxylic acids is 2. The van der Waals surface area contributed by atoms with Gasteiger partial charge in [0.15, 0.2) is 0 Å². The third-order valence-electron chi connectivity index (χ3n) is 7.22. The summed E-state index contributed by atoms with van der Waals surface area (Å²) in [6, 6.07) is 20.8. The highest BCUT2D eigenvalue weighted by Crippen LogP contribution is 2.27. The van der Waals surface area contributed by atoms with E-state index in [1.54, 1.807) is 36.4 Å². The van der Waals surface area contributed by atoms with E-state index in [1.165, 1.54) is 4.90 Å². The normalized spacial score (nSPS) is 12.6. The number of nitrogens with zero attached hydrogens (tertiary/aromatic N) is 2. The fourth-order valence-corrected chi connectivity index (χ4v) is 6.15. The van der Waals surface area contributed by atoms with Crippen LogP contribution in [0.15, 0.2) is 77.7 Å². The molecule has 0 unspecified atom stereocenters. The largest absolute Gasteiger partial charge is 0.350 e. The van der Waals surface area contributed by atoms with Gasteiger partial charge in [0.05, 0.1) is 10.6 Å². The van der Waals surface area contributed by atoms with Crippen LogP contribution in [-0.2, 0) is 26.2 Å². The van der Waals surface area contributed by atoms with E-state index in [2.05, 4.69) is 19.2 Å². The molecule has 0 fully saturated rings. The van der Waals surface area contributed by atoms with E-state index in [-0.39, 0.29) is 23.3 Å². The third-order valence-corrected chi connectivity index (χ3v) is 9.01. The van der Waals surface area contributed by atoms with Gasteiger partial charge >= 0.3 is 0 Å². The standard InChI is InChI=1S/C34H45N3O4S/c1-9-31(33(39)35-34(6,7)8)36(22-28-13-11-10-12-26(28)5)32(38)23-37(29-18-16-27(17-19-29)24(2)3)42(40,41)30-20-14-25(4)15-21-30/h10-21,24,31H,9,22-23H2,1-8H3,(H,35,39)/t31-/m1/s1. The maximum absolute atomic E-state index is 14.3. The van der Waals surface area contributed by atoms with E-state index < -0.39 is 34.1 Å². The van der Waals surface area contributed by atoms with Crippen LogP contribution >= 0.6 is 0 Å². The van der Waals surface area contributed by atoms with Crippen molar-refractivity contribution in [3.8, 4) is 0 Å². The predicted octanol–water partition coefficient (Wildman–Crippen LogP) is 6.34. The average Bonchev–Trinajstić information content (AvgIpc) is 2.91. The van der Waals surface area contributed by atoms with Gasteiger partial charge in [0.1, 0.15) is 12.6 Å². The molecule has 0 aliphatic rings. The zero-order valence-electron chi connectivity index (χ0n) is 26.1. The molecule has 7 nitrogen and oxygen atoms in total. The lowest BCUT2D eigenvalue weighted by molar-refractivity contribution is -0.141. The maximum atomic E-state index is 14.3. The highest BCUT2D eigenvalue weighted by molar-refractivity contribution is 7.92. The SMILES string of the molecule is CC[C@H](C(=O)NC(C)(C)C)N(Cc1ccccc1C)C(=O)CN(c1ccc(C(C)C)cc1)S(=O)(=O)c1ccc(C)cc1. The molecule has 0 aliphatic carbocycles. The summed E-state index contributed by atoms with van der Waals surface area (Å²) in [5.74, 6) is -0.474. The molecule has 42 heavy (non-hydrogen) atoms. The first kappa shape index (κ1) is 32.9. The van der Waals surface area contributed by atoms with Gasteiger partial charge in [0.25, 0.3) is 10.0 Å². The zero-order valence-corrected chi connectivity index (χ0v) is 27.0. The van der Waals surface area contributed by atoms with E-state index >= 15 is 0 Å². The minimum atomic E-state index is -4.11. The molecule has 0 heterocycles. The van der Waals surface area contributed by atoms with Crippen molar-refractivity contribution in [2.24, 2.45) is 0 Å². The summed E-state index contributed by atoms with van der Waals surface area (Å²) in [5.41, 5.74) is 3.75. The molecule has 3 rings (SSSR count). The molecule has 3 aromatic rings. The van der Waals surface area contributed by atoms with E-state index in [4.69, 9.17) is 0 Å². The average molecular weight is 592 g/mol. The number of nitrogens with one attached hydrogen (secondary N) is 1. The van der Waals surface area contributed by atoms with Crippen molar-refractivity contribution in [1.29, 1.82) is 0 Å². The maximum Gasteiger partial charge on any atom is 0.264 e. The van der Waals surface area contributed by atoms with Crippen LogP contribution < -0.4 is 9.62 Å². The number of carbonyl (C=O) groups is 2. The van der Waals surface area contributed by atoms with Crippen LogP contribution in [0.1, 0.15) is 76.1 Å². The number of aryl methyl sites for hydroxylation is 2. The van der Waals surface area contributed by atoms with Gasteiger partial charge in [-0.1, -0.05) is 74.9 Å². The Morgan fingerprint density at radius 2 is 1.48 bits per heavy atom. The molecule has 0 aliphatic heterocycles. The summed E-state index contributed by atoms with van der Waals surface area (Å²) in [6.07, 6.45) is 0.368. The summed E-state index contributed by atoms with van der Waals surface area (Å²) in [4.78, 5) is 29.4. The van der Waals surface area contributed by atoms with Crippen LogP contribution in [0.25, 0.3) is 0 Å². The summed E-state index contributed by atoms with van der Waals surface area (Å²) in [5, 5.41) is 3.00. The van der Waals surface area contributed by atoms with Gasteiger partial charge in [0, 0.05) is 12.1 Å².